The fourth-order valence-corrected chi connectivity index (χ4v) is 2.64. The lowest BCUT2D eigenvalue weighted by molar-refractivity contribution is 0.475. The lowest BCUT2D eigenvalue weighted by Gasteiger charge is -2.09. The van der Waals surface area contributed by atoms with Crippen molar-refractivity contribution >= 4 is 15.7 Å². The van der Waals surface area contributed by atoms with Crippen molar-refractivity contribution in [3.8, 4) is 0 Å². The Kier molecular flexibility index (Phi) is 3.84. The molecular formula is C11H14N4O3S. The van der Waals surface area contributed by atoms with Gasteiger partial charge in [0.2, 0.25) is 10.0 Å². The number of aromatic nitrogens is 1. The van der Waals surface area contributed by atoms with Crippen LogP contribution in [-0.4, -0.2) is 13.4 Å². The third-order valence-electron chi connectivity index (χ3n) is 2.46. The van der Waals surface area contributed by atoms with E-state index in [4.69, 9.17) is 10.3 Å². The molecule has 0 aliphatic rings. The summed E-state index contributed by atoms with van der Waals surface area (Å²) in [6.07, 6.45) is 2.68. The number of nitrogens with one attached hydrogen (secondary N) is 2. The molecular weight excluding hydrogens is 268 g/mol. The van der Waals surface area contributed by atoms with E-state index in [1.54, 1.807) is 19.1 Å². The average molecular weight is 282 g/mol. The molecule has 7 nitrogen and oxygen atoms in total. The smallest absolute Gasteiger partial charge is 0.244 e. The van der Waals surface area contributed by atoms with Gasteiger partial charge in [-0.25, -0.2) is 13.1 Å². The van der Waals surface area contributed by atoms with Crippen molar-refractivity contribution in [2.45, 2.75) is 18.4 Å². The van der Waals surface area contributed by atoms with Gasteiger partial charge in [0.1, 0.15) is 16.4 Å². The first-order valence-electron chi connectivity index (χ1n) is 5.48. The number of furan rings is 1. The molecule has 0 atom stereocenters. The summed E-state index contributed by atoms with van der Waals surface area (Å²) in [5, 5.41) is 0. The molecule has 0 bridgehead atoms. The SMILES string of the molecule is Cc1ccc(CNS(=O)(=O)c2cnccc2NN)o1. The lowest BCUT2D eigenvalue weighted by atomic mass is 10.4. The third-order valence-corrected chi connectivity index (χ3v) is 3.89. The molecule has 2 aromatic rings. The monoisotopic (exact) mass is 282 g/mol. The number of anilines is 1. The summed E-state index contributed by atoms with van der Waals surface area (Å²) >= 11 is 0. The van der Waals surface area contributed by atoms with Crippen LogP contribution in [0.15, 0.2) is 39.9 Å². The molecule has 0 saturated carbocycles. The molecule has 4 N–H and O–H groups in total. The van der Waals surface area contributed by atoms with Crippen molar-refractivity contribution in [2.24, 2.45) is 5.84 Å². The molecule has 0 saturated heterocycles. The van der Waals surface area contributed by atoms with Gasteiger partial charge in [0.05, 0.1) is 12.2 Å². The average Bonchev–Trinajstić information content (AvgIpc) is 2.82. The van der Waals surface area contributed by atoms with E-state index in [-0.39, 0.29) is 17.1 Å². The van der Waals surface area contributed by atoms with E-state index in [0.29, 0.717) is 5.76 Å². The Morgan fingerprint density at radius 3 is 2.79 bits per heavy atom. The Labute approximate surface area is 110 Å². The minimum atomic E-state index is -3.71. The molecule has 2 rings (SSSR count). The number of pyridine rings is 1. The molecule has 0 aliphatic heterocycles. The first-order chi connectivity index (χ1) is 9.03. The number of nitrogen functional groups attached to an aromatic ring is 1. The summed E-state index contributed by atoms with van der Waals surface area (Å²) < 4.78 is 31.9. The van der Waals surface area contributed by atoms with Gasteiger partial charge in [-0.3, -0.25) is 10.8 Å². The molecule has 0 amide bonds. The van der Waals surface area contributed by atoms with E-state index in [9.17, 15) is 8.42 Å². The molecule has 0 aromatic carbocycles. The first-order valence-corrected chi connectivity index (χ1v) is 6.97. The van der Waals surface area contributed by atoms with Gasteiger partial charge in [0, 0.05) is 12.4 Å². The summed E-state index contributed by atoms with van der Waals surface area (Å²) in [7, 11) is -3.71. The van der Waals surface area contributed by atoms with E-state index < -0.39 is 10.0 Å². The molecule has 0 fully saturated rings. The van der Waals surface area contributed by atoms with Gasteiger partial charge < -0.3 is 9.84 Å². The van der Waals surface area contributed by atoms with Crippen LogP contribution < -0.4 is 16.0 Å². The first kappa shape index (κ1) is 13.5. The summed E-state index contributed by atoms with van der Waals surface area (Å²) in [5.41, 5.74) is 2.60. The minimum absolute atomic E-state index is 0.0132. The molecule has 0 radical (unpaired) electrons. The van der Waals surface area contributed by atoms with Crippen molar-refractivity contribution < 1.29 is 12.8 Å². The Morgan fingerprint density at radius 1 is 1.37 bits per heavy atom. The maximum Gasteiger partial charge on any atom is 0.244 e. The maximum atomic E-state index is 12.1. The number of rotatable bonds is 5. The van der Waals surface area contributed by atoms with E-state index in [1.165, 1.54) is 18.5 Å². The van der Waals surface area contributed by atoms with Crippen LogP contribution in [0.5, 0.6) is 0 Å². The highest BCUT2D eigenvalue weighted by atomic mass is 32.2. The number of nitrogens with two attached hydrogens (primary N) is 1. The van der Waals surface area contributed by atoms with E-state index in [1.807, 2.05) is 0 Å². The Morgan fingerprint density at radius 2 is 2.16 bits per heavy atom. The van der Waals surface area contributed by atoms with Gasteiger partial charge >= 0.3 is 0 Å². The van der Waals surface area contributed by atoms with Crippen LogP contribution in [0, 0.1) is 6.92 Å². The number of hydrazine groups is 1. The lowest BCUT2D eigenvalue weighted by Crippen LogP contribution is -2.25. The van der Waals surface area contributed by atoms with Crippen molar-refractivity contribution in [3.05, 3.63) is 42.1 Å². The minimum Gasteiger partial charge on any atom is -0.465 e. The maximum absolute atomic E-state index is 12.1. The summed E-state index contributed by atoms with van der Waals surface area (Å²) in [6.45, 7) is 1.85. The Balaban J connectivity index is 2.18. The molecule has 0 spiro atoms. The van der Waals surface area contributed by atoms with E-state index in [2.05, 4.69) is 15.1 Å². The number of hydrogen-bond acceptors (Lipinski definition) is 6. The van der Waals surface area contributed by atoms with Gasteiger partial charge in [-0.1, -0.05) is 0 Å². The van der Waals surface area contributed by atoms with Crippen LogP contribution in [0.2, 0.25) is 0 Å². The Bertz CT molecular complexity index is 666. The molecule has 2 aromatic heterocycles. The molecule has 8 heteroatoms. The normalized spacial score (nSPS) is 11.5. The van der Waals surface area contributed by atoms with Gasteiger partial charge in [-0.2, -0.15) is 0 Å². The Hall–Kier alpha value is -1.90. The van der Waals surface area contributed by atoms with Crippen LogP contribution in [0.4, 0.5) is 5.69 Å². The van der Waals surface area contributed by atoms with Crippen LogP contribution in [0.25, 0.3) is 0 Å². The van der Waals surface area contributed by atoms with Crippen molar-refractivity contribution in [2.75, 3.05) is 5.43 Å². The van der Waals surface area contributed by atoms with Crippen LogP contribution in [-0.2, 0) is 16.6 Å². The second-order valence-electron chi connectivity index (χ2n) is 3.85. The highest BCUT2D eigenvalue weighted by Gasteiger charge is 2.18. The molecule has 102 valence electrons. The van der Waals surface area contributed by atoms with Crippen LogP contribution in [0.3, 0.4) is 0 Å². The van der Waals surface area contributed by atoms with Crippen LogP contribution >= 0.6 is 0 Å². The third kappa shape index (κ3) is 3.11. The quantitative estimate of drug-likeness (QED) is 0.551. The summed E-state index contributed by atoms with van der Waals surface area (Å²) in [6, 6.07) is 4.95. The van der Waals surface area contributed by atoms with Crippen molar-refractivity contribution in [1.82, 2.24) is 9.71 Å². The van der Waals surface area contributed by atoms with E-state index >= 15 is 0 Å². The van der Waals surface area contributed by atoms with Crippen molar-refractivity contribution in [3.63, 3.8) is 0 Å². The number of sulfonamides is 1. The zero-order valence-corrected chi connectivity index (χ0v) is 11.1. The fraction of sp³-hybridized carbons (Fsp3) is 0.182. The topological polar surface area (TPSA) is 110 Å². The highest BCUT2D eigenvalue weighted by Crippen LogP contribution is 2.18. The van der Waals surface area contributed by atoms with E-state index in [0.717, 1.165) is 5.76 Å². The van der Waals surface area contributed by atoms with Crippen LogP contribution in [0.1, 0.15) is 11.5 Å². The van der Waals surface area contributed by atoms with Gasteiger partial charge in [-0.05, 0) is 25.1 Å². The zero-order chi connectivity index (χ0) is 13.9. The summed E-state index contributed by atoms with van der Waals surface area (Å²) in [4.78, 5) is 3.77. The largest absolute Gasteiger partial charge is 0.465 e. The molecule has 0 unspecified atom stereocenters. The zero-order valence-electron chi connectivity index (χ0n) is 10.3. The van der Waals surface area contributed by atoms with Gasteiger partial charge in [0.25, 0.3) is 0 Å². The second kappa shape index (κ2) is 5.39. The molecule has 0 aliphatic carbocycles. The van der Waals surface area contributed by atoms with Gasteiger partial charge in [0.15, 0.2) is 0 Å². The predicted molar refractivity (Wildman–Crippen MR) is 69.5 cm³/mol. The number of hydrogen-bond donors (Lipinski definition) is 3. The summed E-state index contributed by atoms with van der Waals surface area (Å²) in [5.74, 6) is 6.53. The van der Waals surface area contributed by atoms with Gasteiger partial charge in [-0.15, -0.1) is 0 Å². The predicted octanol–water partition coefficient (Wildman–Crippen LogP) is 0.747. The number of aryl methyl sites for hydroxylation is 1. The highest BCUT2D eigenvalue weighted by molar-refractivity contribution is 7.89. The second-order valence-corrected chi connectivity index (χ2v) is 5.59. The fourth-order valence-electron chi connectivity index (χ4n) is 1.54. The number of nitrogens with zero attached hydrogens (tertiary/aromatic N) is 1. The standard InChI is InChI=1S/C11H14N4O3S/c1-8-2-3-9(18-8)6-14-19(16,17)11-7-13-5-4-10(11)15-12/h2-5,7,14H,6,12H2,1H3,(H,13,15). The molecule has 19 heavy (non-hydrogen) atoms. The molecule has 2 heterocycles. The van der Waals surface area contributed by atoms with Crippen molar-refractivity contribution in [1.29, 1.82) is 0 Å².